The predicted octanol–water partition coefficient (Wildman–Crippen LogP) is 3.17. The quantitative estimate of drug-likeness (QED) is 0.759. The van der Waals surface area contributed by atoms with Gasteiger partial charge in [-0.15, -0.1) is 0 Å². The zero-order chi connectivity index (χ0) is 20.7. The lowest BCUT2D eigenvalue weighted by molar-refractivity contribution is -0.205. The number of hydrogen-bond donors (Lipinski definition) is 2. The number of Topliss-reactive ketones (excluding diaryl/α,β-unsaturated/α-hetero) is 1. The van der Waals surface area contributed by atoms with Gasteiger partial charge in [0.2, 0.25) is 0 Å². The summed E-state index contributed by atoms with van der Waals surface area (Å²) in [6.45, 7) is 7.18. The second kappa shape index (κ2) is 5.85. The monoisotopic (exact) mass is 390 g/mol. The van der Waals surface area contributed by atoms with Crippen LogP contribution in [-0.2, 0) is 9.59 Å². The van der Waals surface area contributed by atoms with Crippen molar-refractivity contribution >= 4 is 11.6 Å². The van der Waals surface area contributed by atoms with Gasteiger partial charge in [-0.1, -0.05) is 32.4 Å². The minimum Gasteiger partial charge on any atom is -0.390 e. The van der Waals surface area contributed by atoms with Crippen LogP contribution in [0.2, 0.25) is 0 Å². The van der Waals surface area contributed by atoms with Crippen molar-refractivity contribution in [1.29, 1.82) is 0 Å². The average Bonchev–Trinajstić information content (AvgIpc) is 2.84. The Morgan fingerprint density at radius 2 is 1.96 bits per heavy atom. The van der Waals surface area contributed by atoms with Crippen molar-refractivity contribution in [2.45, 2.75) is 65.2 Å². The molecule has 0 radical (unpaired) electrons. The fourth-order valence-corrected chi connectivity index (χ4v) is 7.53. The van der Waals surface area contributed by atoms with Crippen LogP contribution in [0.3, 0.4) is 0 Å². The maximum Gasteiger partial charge on any atom is 0.178 e. The van der Waals surface area contributed by atoms with Crippen molar-refractivity contribution in [3.8, 4) is 0 Å². The van der Waals surface area contributed by atoms with Gasteiger partial charge >= 0.3 is 0 Å². The molecule has 28 heavy (non-hydrogen) atoms. The van der Waals surface area contributed by atoms with E-state index in [9.17, 15) is 19.8 Å². The van der Waals surface area contributed by atoms with Gasteiger partial charge in [0, 0.05) is 16.7 Å². The van der Waals surface area contributed by atoms with Crippen molar-refractivity contribution in [2.24, 2.45) is 34.0 Å². The van der Waals surface area contributed by atoms with Gasteiger partial charge in [-0.05, 0) is 62.0 Å². The van der Waals surface area contributed by atoms with Crippen LogP contribution in [0, 0.1) is 34.0 Å². The predicted molar refractivity (Wildman–Crippen MR) is 103 cm³/mol. The van der Waals surface area contributed by atoms with Crippen molar-refractivity contribution < 1.29 is 24.2 Å². The van der Waals surface area contributed by atoms with Crippen molar-refractivity contribution in [3.63, 3.8) is 0 Å². The van der Waals surface area contributed by atoms with E-state index >= 15 is 4.39 Å². The van der Waals surface area contributed by atoms with E-state index in [-0.39, 0.29) is 29.8 Å². The highest BCUT2D eigenvalue weighted by molar-refractivity contribution is 6.01. The molecule has 3 fully saturated rings. The van der Waals surface area contributed by atoms with E-state index in [1.54, 1.807) is 13.0 Å². The van der Waals surface area contributed by atoms with Gasteiger partial charge in [-0.2, -0.15) is 0 Å². The number of hydrogen-bond acceptors (Lipinski definition) is 4. The molecular weight excluding hydrogens is 359 g/mol. The lowest BCUT2D eigenvalue weighted by atomic mass is 9.43. The Labute approximate surface area is 165 Å². The molecule has 4 rings (SSSR count). The Morgan fingerprint density at radius 1 is 1.29 bits per heavy atom. The van der Waals surface area contributed by atoms with E-state index in [0.717, 1.165) is 5.57 Å². The number of ketones is 2. The lowest BCUT2D eigenvalue weighted by Gasteiger charge is -2.63. The standard InChI is InChI=1S/C23H31FO4/c1-13-9-17-16-6-5-14-10-15(26)7-8-20(14,2)23(16,24)18(27)11-21(17,3)22(13,4)19(28)12-25/h7-8,10,13,16-18,25,27H,5-6,9,11-12H2,1-4H3/t13-,16?,17?,18+,20?,21?,22-,23+/m1/s1. The Hall–Kier alpha value is -1.33. The smallest absolute Gasteiger partial charge is 0.178 e. The molecule has 0 aromatic carbocycles. The van der Waals surface area contributed by atoms with Gasteiger partial charge in [0.1, 0.15) is 6.61 Å². The number of aliphatic hydroxyl groups is 2. The third kappa shape index (κ3) is 2.02. The minimum atomic E-state index is -1.87. The summed E-state index contributed by atoms with van der Waals surface area (Å²) in [5.41, 5.74) is -3.47. The highest BCUT2D eigenvalue weighted by Gasteiger charge is 2.74. The molecule has 2 N–H and O–H groups in total. The molecule has 0 aromatic rings. The molecule has 8 atom stereocenters. The fraction of sp³-hybridized carbons (Fsp3) is 0.739. The van der Waals surface area contributed by atoms with E-state index < -0.39 is 40.5 Å². The number of allylic oxidation sites excluding steroid dienone is 4. The number of fused-ring (bicyclic) bond motifs is 5. The second-order valence-electron chi connectivity index (χ2n) is 10.2. The van der Waals surface area contributed by atoms with Crippen molar-refractivity contribution in [3.05, 3.63) is 23.8 Å². The summed E-state index contributed by atoms with van der Waals surface area (Å²) in [5, 5.41) is 20.8. The molecule has 3 saturated carbocycles. The number of aliphatic hydroxyl groups excluding tert-OH is 2. The highest BCUT2D eigenvalue weighted by atomic mass is 19.1. The fourth-order valence-electron chi connectivity index (χ4n) is 7.53. The van der Waals surface area contributed by atoms with Crippen LogP contribution in [0.15, 0.2) is 23.8 Å². The van der Waals surface area contributed by atoms with Gasteiger partial charge in [-0.3, -0.25) is 9.59 Å². The molecule has 4 nitrogen and oxygen atoms in total. The van der Waals surface area contributed by atoms with Crippen LogP contribution in [0.25, 0.3) is 0 Å². The van der Waals surface area contributed by atoms with Gasteiger partial charge in [0.25, 0.3) is 0 Å². The average molecular weight is 390 g/mol. The second-order valence-corrected chi connectivity index (χ2v) is 10.2. The molecular formula is C23H31FO4. The lowest BCUT2D eigenvalue weighted by Crippen LogP contribution is -2.67. The Bertz CT molecular complexity index is 802. The Kier molecular flexibility index (Phi) is 4.17. The van der Waals surface area contributed by atoms with Crippen molar-refractivity contribution in [2.75, 3.05) is 6.61 Å². The summed E-state index contributed by atoms with van der Waals surface area (Å²) in [5.74, 6) is -0.780. The van der Waals surface area contributed by atoms with E-state index in [1.165, 1.54) is 12.2 Å². The van der Waals surface area contributed by atoms with Gasteiger partial charge in [0.15, 0.2) is 17.2 Å². The first kappa shape index (κ1) is 20.0. The zero-order valence-corrected chi connectivity index (χ0v) is 17.2. The molecule has 0 bridgehead atoms. The first-order chi connectivity index (χ1) is 13.0. The molecule has 0 saturated heterocycles. The van der Waals surface area contributed by atoms with Crippen LogP contribution in [-0.4, -0.2) is 40.2 Å². The molecule has 0 heterocycles. The summed E-state index contributed by atoms with van der Waals surface area (Å²) in [6.07, 6.45) is 5.45. The van der Waals surface area contributed by atoms with Crippen LogP contribution in [0.1, 0.15) is 53.4 Å². The molecule has 0 amide bonds. The SMILES string of the molecule is C[C@@H]1CC2C3CCC4=CC(=O)C=CC4(C)[C@@]3(F)[C@@H](O)CC2(C)[C@@]1(C)C(=O)CO. The molecule has 4 aliphatic rings. The molecule has 4 unspecified atom stereocenters. The van der Waals surface area contributed by atoms with Gasteiger partial charge in [-0.25, -0.2) is 4.39 Å². The van der Waals surface area contributed by atoms with Crippen LogP contribution in [0.5, 0.6) is 0 Å². The van der Waals surface area contributed by atoms with E-state index in [2.05, 4.69) is 0 Å². The van der Waals surface area contributed by atoms with Gasteiger partial charge in [0.05, 0.1) is 6.10 Å². The van der Waals surface area contributed by atoms with E-state index in [0.29, 0.717) is 19.3 Å². The number of carbonyl (C=O) groups excluding carboxylic acids is 2. The number of halogens is 1. The van der Waals surface area contributed by atoms with E-state index in [4.69, 9.17) is 0 Å². The van der Waals surface area contributed by atoms with Crippen LogP contribution >= 0.6 is 0 Å². The first-order valence-electron chi connectivity index (χ1n) is 10.4. The summed E-state index contributed by atoms with van der Waals surface area (Å²) < 4.78 is 16.9. The van der Waals surface area contributed by atoms with Crippen molar-refractivity contribution in [1.82, 2.24) is 0 Å². The molecule has 0 aliphatic heterocycles. The summed E-state index contributed by atoms with van der Waals surface area (Å²) >= 11 is 0. The summed E-state index contributed by atoms with van der Waals surface area (Å²) in [6, 6.07) is 0. The molecule has 4 aliphatic carbocycles. The highest BCUT2D eigenvalue weighted by Crippen LogP contribution is 2.72. The van der Waals surface area contributed by atoms with E-state index in [1.807, 2.05) is 20.8 Å². The van der Waals surface area contributed by atoms with Gasteiger partial charge < -0.3 is 10.2 Å². The largest absolute Gasteiger partial charge is 0.390 e. The maximum atomic E-state index is 16.9. The normalized spacial score (nSPS) is 52.5. The Balaban J connectivity index is 1.84. The minimum absolute atomic E-state index is 0.00456. The third-order valence-corrected chi connectivity index (χ3v) is 9.53. The first-order valence-corrected chi connectivity index (χ1v) is 10.4. The summed E-state index contributed by atoms with van der Waals surface area (Å²) in [4.78, 5) is 24.7. The molecule has 5 heteroatoms. The molecule has 0 aromatic heterocycles. The van der Waals surface area contributed by atoms with Crippen LogP contribution < -0.4 is 0 Å². The van der Waals surface area contributed by atoms with Crippen LogP contribution in [0.4, 0.5) is 4.39 Å². The Morgan fingerprint density at radius 3 is 2.61 bits per heavy atom. The molecule has 0 spiro atoms. The number of carbonyl (C=O) groups is 2. The topological polar surface area (TPSA) is 74.6 Å². The number of alkyl halides is 1. The zero-order valence-electron chi connectivity index (χ0n) is 17.2. The third-order valence-electron chi connectivity index (χ3n) is 9.53. The molecule has 154 valence electrons. The number of rotatable bonds is 2. The summed E-state index contributed by atoms with van der Waals surface area (Å²) in [7, 11) is 0. The maximum absolute atomic E-state index is 16.9.